The second-order valence-electron chi connectivity index (χ2n) is 4.46. The van der Waals surface area contributed by atoms with Gasteiger partial charge in [-0.05, 0) is 31.4 Å². The highest BCUT2D eigenvalue weighted by Gasteiger charge is 2.13. The molecule has 0 radical (unpaired) electrons. The Morgan fingerprint density at radius 3 is 2.59 bits per heavy atom. The van der Waals surface area contributed by atoms with Gasteiger partial charge < -0.3 is 4.90 Å². The maximum atomic E-state index is 5.78. The minimum absolute atomic E-state index is 0.533. The summed E-state index contributed by atoms with van der Waals surface area (Å²) in [5.41, 5.74) is 1.08. The van der Waals surface area contributed by atoms with Crippen LogP contribution in [-0.4, -0.2) is 17.6 Å². The fourth-order valence-electron chi connectivity index (χ4n) is 1.78. The van der Waals surface area contributed by atoms with E-state index in [9.17, 15) is 0 Å². The highest BCUT2D eigenvalue weighted by Crippen LogP contribution is 2.17. The minimum Gasteiger partial charge on any atom is -0.354 e. The van der Waals surface area contributed by atoms with Crippen LogP contribution < -0.4 is 4.90 Å². The molecule has 0 amide bonds. The summed E-state index contributed by atoms with van der Waals surface area (Å²) in [5.74, 6) is 1.60. The summed E-state index contributed by atoms with van der Waals surface area (Å²) in [6, 6.07) is 4.69. The number of rotatable bonds is 7. The van der Waals surface area contributed by atoms with Crippen LogP contribution in [0.2, 0.25) is 0 Å². The fourth-order valence-corrected chi connectivity index (χ4v) is 1.93. The molecule has 0 saturated heterocycles. The van der Waals surface area contributed by atoms with Crippen molar-refractivity contribution in [2.45, 2.75) is 52.0 Å². The lowest BCUT2D eigenvalue weighted by atomic mass is 10.2. The molecule has 0 N–H and O–H groups in total. The lowest BCUT2D eigenvalue weighted by molar-refractivity contribution is 0.589. The molecule has 3 heteroatoms. The molecule has 1 atom stereocenters. The Labute approximate surface area is 110 Å². The van der Waals surface area contributed by atoms with E-state index in [0.29, 0.717) is 11.9 Å². The summed E-state index contributed by atoms with van der Waals surface area (Å²) in [5, 5.41) is 0. The van der Waals surface area contributed by atoms with Gasteiger partial charge in [-0.15, -0.1) is 11.6 Å². The maximum absolute atomic E-state index is 5.78. The second kappa shape index (κ2) is 7.54. The Hall–Kier alpha value is -0.760. The van der Waals surface area contributed by atoms with Crippen LogP contribution in [0.4, 0.5) is 5.82 Å². The molecule has 0 aromatic carbocycles. The van der Waals surface area contributed by atoms with Gasteiger partial charge in [-0.25, -0.2) is 4.98 Å². The highest BCUT2D eigenvalue weighted by atomic mass is 35.5. The Morgan fingerprint density at radius 1 is 1.35 bits per heavy atom. The van der Waals surface area contributed by atoms with Crippen molar-refractivity contribution in [1.29, 1.82) is 0 Å². The van der Waals surface area contributed by atoms with Gasteiger partial charge in [0.25, 0.3) is 0 Å². The van der Waals surface area contributed by atoms with Gasteiger partial charge in [0, 0.05) is 24.7 Å². The molecule has 0 bridgehead atoms. The predicted octanol–water partition coefficient (Wildman–Crippen LogP) is 4.23. The van der Waals surface area contributed by atoms with Crippen molar-refractivity contribution in [3.05, 3.63) is 23.9 Å². The monoisotopic (exact) mass is 254 g/mol. The standard InChI is InChI=1S/C14H23ClN2/c1-4-6-9-17(12(3)5-2)14-8-7-13(10-15)11-16-14/h7-8,11-12H,4-6,9-10H2,1-3H3. The van der Waals surface area contributed by atoms with Crippen molar-refractivity contribution >= 4 is 17.4 Å². The zero-order chi connectivity index (χ0) is 12.7. The molecule has 2 nitrogen and oxygen atoms in total. The number of nitrogens with zero attached hydrogens (tertiary/aromatic N) is 2. The second-order valence-corrected chi connectivity index (χ2v) is 4.73. The number of hydrogen-bond acceptors (Lipinski definition) is 2. The molecule has 17 heavy (non-hydrogen) atoms. The normalized spacial score (nSPS) is 12.5. The van der Waals surface area contributed by atoms with E-state index in [-0.39, 0.29) is 0 Å². The van der Waals surface area contributed by atoms with Gasteiger partial charge in [-0.2, -0.15) is 0 Å². The van der Waals surface area contributed by atoms with Crippen molar-refractivity contribution in [3.63, 3.8) is 0 Å². The van der Waals surface area contributed by atoms with Gasteiger partial charge in [-0.3, -0.25) is 0 Å². The molecule has 96 valence electrons. The molecular weight excluding hydrogens is 232 g/mol. The quantitative estimate of drug-likeness (QED) is 0.677. The first kappa shape index (κ1) is 14.3. The summed E-state index contributed by atoms with van der Waals surface area (Å²) in [6.07, 6.45) is 5.45. The molecule has 0 spiro atoms. The molecule has 0 aliphatic heterocycles. The summed E-state index contributed by atoms with van der Waals surface area (Å²) < 4.78 is 0. The van der Waals surface area contributed by atoms with Crippen molar-refractivity contribution in [2.75, 3.05) is 11.4 Å². The molecule has 1 heterocycles. The molecule has 1 rings (SSSR count). The van der Waals surface area contributed by atoms with Gasteiger partial charge in [0.15, 0.2) is 0 Å². The van der Waals surface area contributed by atoms with Crippen molar-refractivity contribution in [1.82, 2.24) is 4.98 Å². The lowest BCUT2D eigenvalue weighted by Gasteiger charge is -2.29. The number of hydrogen-bond donors (Lipinski definition) is 0. The van der Waals surface area contributed by atoms with E-state index in [0.717, 1.165) is 24.3 Å². The first-order valence-corrected chi connectivity index (χ1v) is 7.03. The van der Waals surface area contributed by atoms with E-state index in [1.54, 1.807) is 0 Å². The van der Waals surface area contributed by atoms with Crippen LogP contribution in [0.25, 0.3) is 0 Å². The van der Waals surface area contributed by atoms with Gasteiger partial charge in [0.1, 0.15) is 5.82 Å². The number of alkyl halides is 1. The maximum Gasteiger partial charge on any atom is 0.128 e. The Balaban J connectivity index is 2.79. The van der Waals surface area contributed by atoms with Crippen LogP contribution in [0.5, 0.6) is 0 Å². The molecule has 0 aliphatic rings. The van der Waals surface area contributed by atoms with Gasteiger partial charge in [0.05, 0.1) is 0 Å². The largest absolute Gasteiger partial charge is 0.354 e. The van der Waals surface area contributed by atoms with Gasteiger partial charge >= 0.3 is 0 Å². The third kappa shape index (κ3) is 4.19. The molecule has 1 aromatic heterocycles. The lowest BCUT2D eigenvalue weighted by Crippen LogP contribution is -2.34. The third-order valence-electron chi connectivity index (χ3n) is 3.13. The first-order chi connectivity index (χ1) is 8.22. The smallest absolute Gasteiger partial charge is 0.128 e. The SMILES string of the molecule is CCCCN(c1ccc(CCl)cn1)C(C)CC. The Kier molecular flexibility index (Phi) is 6.35. The van der Waals surface area contributed by atoms with Crippen molar-refractivity contribution in [2.24, 2.45) is 0 Å². The number of halogens is 1. The minimum atomic E-state index is 0.533. The molecular formula is C14H23ClN2. The number of pyridine rings is 1. The van der Waals surface area contributed by atoms with Crippen LogP contribution in [0.3, 0.4) is 0 Å². The number of aromatic nitrogens is 1. The van der Waals surface area contributed by atoms with Gasteiger partial charge in [-0.1, -0.05) is 26.3 Å². The van der Waals surface area contributed by atoms with E-state index in [1.807, 2.05) is 6.20 Å². The summed E-state index contributed by atoms with van der Waals surface area (Å²) >= 11 is 5.78. The molecule has 0 aliphatic carbocycles. The van der Waals surface area contributed by atoms with Gasteiger partial charge in [0.2, 0.25) is 0 Å². The average Bonchev–Trinajstić information content (AvgIpc) is 2.39. The van der Waals surface area contributed by atoms with Crippen LogP contribution in [-0.2, 0) is 5.88 Å². The molecule has 0 saturated carbocycles. The molecule has 1 aromatic rings. The van der Waals surface area contributed by atoms with E-state index in [4.69, 9.17) is 11.6 Å². The fraction of sp³-hybridized carbons (Fsp3) is 0.643. The predicted molar refractivity (Wildman–Crippen MR) is 75.8 cm³/mol. The average molecular weight is 255 g/mol. The number of unbranched alkanes of at least 4 members (excludes halogenated alkanes) is 1. The van der Waals surface area contributed by atoms with E-state index in [1.165, 1.54) is 12.8 Å². The van der Waals surface area contributed by atoms with E-state index < -0.39 is 0 Å². The number of anilines is 1. The zero-order valence-electron chi connectivity index (χ0n) is 11.1. The first-order valence-electron chi connectivity index (χ1n) is 6.50. The van der Waals surface area contributed by atoms with Crippen molar-refractivity contribution < 1.29 is 0 Å². The van der Waals surface area contributed by atoms with Crippen LogP contribution in [0.15, 0.2) is 18.3 Å². The molecule has 0 fully saturated rings. The summed E-state index contributed by atoms with van der Waals surface area (Å²) in [4.78, 5) is 6.90. The molecule has 1 unspecified atom stereocenters. The highest BCUT2D eigenvalue weighted by molar-refractivity contribution is 6.17. The van der Waals surface area contributed by atoms with Crippen molar-refractivity contribution in [3.8, 4) is 0 Å². The Bertz CT molecular complexity index is 311. The summed E-state index contributed by atoms with van der Waals surface area (Å²) in [6.45, 7) is 7.78. The van der Waals surface area contributed by atoms with Crippen LogP contribution in [0, 0.1) is 0 Å². The van der Waals surface area contributed by atoms with E-state index >= 15 is 0 Å². The van der Waals surface area contributed by atoms with E-state index in [2.05, 4.69) is 42.8 Å². The zero-order valence-corrected chi connectivity index (χ0v) is 11.9. The topological polar surface area (TPSA) is 16.1 Å². The van der Waals surface area contributed by atoms with Crippen LogP contribution in [0.1, 0.15) is 45.6 Å². The third-order valence-corrected chi connectivity index (χ3v) is 3.44. The Morgan fingerprint density at radius 2 is 2.12 bits per heavy atom. The van der Waals surface area contributed by atoms with Crippen LogP contribution >= 0.6 is 11.6 Å². The summed E-state index contributed by atoms with van der Waals surface area (Å²) in [7, 11) is 0.